The summed E-state index contributed by atoms with van der Waals surface area (Å²) < 4.78 is 0. The second-order valence-electron chi connectivity index (χ2n) is 6.04. The lowest BCUT2D eigenvalue weighted by Crippen LogP contribution is -2.22. The van der Waals surface area contributed by atoms with E-state index in [9.17, 15) is 0 Å². The highest BCUT2D eigenvalue weighted by Crippen LogP contribution is 2.26. The molecule has 1 aliphatic rings. The van der Waals surface area contributed by atoms with Crippen LogP contribution in [0.25, 0.3) is 0 Å². The number of nitrogens with zero attached hydrogens (tertiary/aromatic N) is 2. The Morgan fingerprint density at radius 2 is 1.65 bits per heavy atom. The van der Waals surface area contributed by atoms with Gasteiger partial charge in [0.15, 0.2) is 0 Å². The van der Waals surface area contributed by atoms with E-state index in [0.717, 1.165) is 23.0 Å². The molecule has 0 spiro atoms. The van der Waals surface area contributed by atoms with Crippen molar-refractivity contribution in [3.63, 3.8) is 0 Å². The molecule has 0 bridgehead atoms. The first-order valence-corrected chi connectivity index (χ1v) is 7.73. The number of nitrogen functional groups attached to an aromatic ring is 1. The topological polar surface area (TPSA) is 75.9 Å². The fourth-order valence-corrected chi connectivity index (χ4v) is 2.69. The van der Waals surface area contributed by atoms with Crippen molar-refractivity contribution in [3.8, 4) is 0 Å². The van der Waals surface area contributed by atoms with Gasteiger partial charge in [-0.05, 0) is 19.8 Å². The molecule has 4 N–H and O–H groups in total. The van der Waals surface area contributed by atoms with Crippen molar-refractivity contribution in [2.75, 3.05) is 10.7 Å². The summed E-state index contributed by atoms with van der Waals surface area (Å²) >= 11 is 0. The first kappa shape index (κ1) is 15.0. The largest absolute Gasteiger partial charge is 0.367 e. The van der Waals surface area contributed by atoms with Gasteiger partial charge in [0.2, 0.25) is 0 Å². The second-order valence-corrected chi connectivity index (χ2v) is 6.04. The van der Waals surface area contributed by atoms with E-state index in [1.165, 1.54) is 38.5 Å². The summed E-state index contributed by atoms with van der Waals surface area (Å²) in [7, 11) is 0. The zero-order chi connectivity index (χ0) is 14.5. The second kappa shape index (κ2) is 6.88. The van der Waals surface area contributed by atoms with Crippen molar-refractivity contribution in [1.82, 2.24) is 9.97 Å². The molecule has 0 aromatic carbocycles. The molecule has 5 nitrogen and oxygen atoms in total. The maximum absolute atomic E-state index is 5.58. The predicted octanol–water partition coefficient (Wildman–Crippen LogP) is 3.33. The highest BCUT2D eigenvalue weighted by molar-refractivity contribution is 5.57. The first-order valence-electron chi connectivity index (χ1n) is 7.73. The molecule has 0 radical (unpaired) electrons. The Morgan fingerprint density at radius 3 is 2.20 bits per heavy atom. The Bertz CT molecular complexity index is 436. The lowest BCUT2D eigenvalue weighted by molar-refractivity contribution is 0.615. The van der Waals surface area contributed by atoms with Gasteiger partial charge in [0.05, 0.1) is 0 Å². The zero-order valence-corrected chi connectivity index (χ0v) is 12.9. The molecule has 112 valence electrons. The summed E-state index contributed by atoms with van der Waals surface area (Å²) in [5.41, 5.74) is 3.69. The van der Waals surface area contributed by atoms with Gasteiger partial charge in [-0.3, -0.25) is 0 Å². The van der Waals surface area contributed by atoms with Crippen LogP contribution in [0.4, 0.5) is 11.6 Å². The third-order valence-corrected chi connectivity index (χ3v) is 4.01. The van der Waals surface area contributed by atoms with Crippen LogP contribution in [0, 0.1) is 6.92 Å². The van der Waals surface area contributed by atoms with Crippen LogP contribution < -0.4 is 16.6 Å². The van der Waals surface area contributed by atoms with Gasteiger partial charge >= 0.3 is 0 Å². The number of rotatable bonds is 4. The highest BCUT2D eigenvalue weighted by Gasteiger charge is 2.17. The van der Waals surface area contributed by atoms with E-state index in [1.54, 1.807) is 0 Å². The van der Waals surface area contributed by atoms with Gasteiger partial charge in [0.25, 0.3) is 0 Å². The van der Waals surface area contributed by atoms with Gasteiger partial charge in [-0.2, -0.15) is 0 Å². The maximum atomic E-state index is 5.58. The molecule has 0 amide bonds. The number of nitrogens with two attached hydrogens (primary N) is 1. The molecule has 2 rings (SSSR count). The van der Waals surface area contributed by atoms with Crippen LogP contribution in [-0.2, 0) is 0 Å². The smallest absolute Gasteiger partial charge is 0.148 e. The molecule has 1 aromatic rings. The first-order chi connectivity index (χ1) is 9.61. The Morgan fingerprint density at radius 1 is 1.05 bits per heavy atom. The van der Waals surface area contributed by atoms with E-state index >= 15 is 0 Å². The van der Waals surface area contributed by atoms with Gasteiger partial charge in [0, 0.05) is 17.5 Å². The summed E-state index contributed by atoms with van der Waals surface area (Å²) in [5.74, 6) is 8.36. The number of hydrogen-bond acceptors (Lipinski definition) is 5. The molecule has 1 aromatic heterocycles. The number of aromatic nitrogens is 2. The van der Waals surface area contributed by atoms with Crippen molar-refractivity contribution in [3.05, 3.63) is 11.4 Å². The van der Waals surface area contributed by atoms with Crippen molar-refractivity contribution >= 4 is 11.6 Å². The average Bonchev–Trinajstić information content (AvgIpc) is 2.69. The van der Waals surface area contributed by atoms with Crippen molar-refractivity contribution in [1.29, 1.82) is 0 Å². The molecule has 0 unspecified atom stereocenters. The normalized spacial score (nSPS) is 17.1. The summed E-state index contributed by atoms with van der Waals surface area (Å²) in [6.07, 6.45) is 7.78. The fourth-order valence-electron chi connectivity index (χ4n) is 2.69. The molecule has 1 aliphatic carbocycles. The van der Waals surface area contributed by atoms with Crippen LogP contribution in [0.1, 0.15) is 69.7 Å². The molecule has 1 heterocycles. The Hall–Kier alpha value is -1.36. The van der Waals surface area contributed by atoms with Crippen LogP contribution in [-0.4, -0.2) is 16.0 Å². The molecular formula is C15H27N5. The Labute approximate surface area is 121 Å². The molecule has 20 heavy (non-hydrogen) atoms. The van der Waals surface area contributed by atoms with Gasteiger partial charge in [0.1, 0.15) is 17.5 Å². The van der Waals surface area contributed by atoms with Gasteiger partial charge in [-0.1, -0.05) is 39.5 Å². The summed E-state index contributed by atoms with van der Waals surface area (Å²) in [5, 5.41) is 3.61. The van der Waals surface area contributed by atoms with Crippen LogP contribution in [0.2, 0.25) is 0 Å². The summed E-state index contributed by atoms with van der Waals surface area (Å²) in [6.45, 7) is 6.21. The third-order valence-electron chi connectivity index (χ3n) is 4.01. The van der Waals surface area contributed by atoms with E-state index in [1.807, 2.05) is 6.92 Å². The molecule has 0 aliphatic heterocycles. The van der Waals surface area contributed by atoms with Crippen LogP contribution in [0.15, 0.2) is 0 Å². The maximum Gasteiger partial charge on any atom is 0.148 e. The minimum Gasteiger partial charge on any atom is -0.367 e. The SMILES string of the molecule is Cc1c(NN)nc(C(C)C)nc1NC1CCCCCC1. The van der Waals surface area contributed by atoms with Gasteiger partial charge < -0.3 is 10.7 Å². The standard InChI is InChI=1S/C15H27N5/c1-10(2)13-18-14(11(3)15(19-13)20-16)17-12-8-6-4-5-7-9-12/h10,12H,4-9,16H2,1-3H3,(H2,17,18,19,20). The van der Waals surface area contributed by atoms with E-state index in [0.29, 0.717) is 6.04 Å². The van der Waals surface area contributed by atoms with Crippen LogP contribution in [0.3, 0.4) is 0 Å². The Kier molecular flexibility index (Phi) is 5.17. The minimum absolute atomic E-state index is 0.289. The van der Waals surface area contributed by atoms with Crippen molar-refractivity contribution < 1.29 is 0 Å². The molecule has 1 saturated carbocycles. The van der Waals surface area contributed by atoms with E-state index in [2.05, 4.69) is 34.6 Å². The number of anilines is 2. The minimum atomic E-state index is 0.289. The molecular weight excluding hydrogens is 250 g/mol. The van der Waals surface area contributed by atoms with Gasteiger partial charge in [-0.15, -0.1) is 0 Å². The summed E-state index contributed by atoms with van der Waals surface area (Å²) in [6, 6.07) is 0.525. The molecule has 0 saturated heterocycles. The van der Waals surface area contributed by atoms with Crippen LogP contribution in [0.5, 0.6) is 0 Å². The zero-order valence-electron chi connectivity index (χ0n) is 12.9. The lowest BCUT2D eigenvalue weighted by atomic mass is 10.1. The number of nitrogens with one attached hydrogen (secondary N) is 2. The Balaban J connectivity index is 2.22. The van der Waals surface area contributed by atoms with E-state index in [-0.39, 0.29) is 5.92 Å². The monoisotopic (exact) mass is 277 g/mol. The van der Waals surface area contributed by atoms with Crippen molar-refractivity contribution in [2.24, 2.45) is 5.84 Å². The van der Waals surface area contributed by atoms with E-state index in [4.69, 9.17) is 5.84 Å². The lowest BCUT2D eigenvalue weighted by Gasteiger charge is -2.20. The highest BCUT2D eigenvalue weighted by atomic mass is 15.3. The fraction of sp³-hybridized carbons (Fsp3) is 0.733. The molecule has 0 atom stereocenters. The molecule has 5 heteroatoms. The van der Waals surface area contributed by atoms with Crippen molar-refractivity contribution in [2.45, 2.75) is 71.3 Å². The average molecular weight is 277 g/mol. The summed E-state index contributed by atoms with van der Waals surface area (Å²) in [4.78, 5) is 9.16. The number of hydrogen-bond donors (Lipinski definition) is 3. The quantitative estimate of drug-likeness (QED) is 0.447. The predicted molar refractivity (Wildman–Crippen MR) is 83.8 cm³/mol. The third kappa shape index (κ3) is 3.60. The van der Waals surface area contributed by atoms with E-state index < -0.39 is 0 Å². The van der Waals surface area contributed by atoms with Crippen LogP contribution >= 0.6 is 0 Å². The number of hydrazine groups is 1. The van der Waals surface area contributed by atoms with Gasteiger partial charge in [-0.25, -0.2) is 15.8 Å². The molecule has 1 fully saturated rings.